The average molecular weight is 550 g/mol. The summed E-state index contributed by atoms with van der Waals surface area (Å²) in [6.45, 7) is 9.07. The minimum Gasteiger partial charge on any atom is -0.379 e. The minimum atomic E-state index is -0.365. The van der Waals surface area contributed by atoms with Crippen molar-refractivity contribution in [1.82, 2.24) is 26.6 Å². The van der Waals surface area contributed by atoms with Crippen molar-refractivity contribution < 1.29 is 10.2 Å². The van der Waals surface area contributed by atoms with Crippen LogP contribution in [-0.4, -0.2) is 65.1 Å². The Morgan fingerprint density at radius 3 is 2.05 bits per heavy atom. The summed E-state index contributed by atoms with van der Waals surface area (Å²) in [6, 6.07) is 2.96. The molecule has 39 heavy (non-hydrogen) atoms. The first-order valence-corrected chi connectivity index (χ1v) is 17.1. The van der Waals surface area contributed by atoms with Crippen molar-refractivity contribution >= 4 is 0 Å². The van der Waals surface area contributed by atoms with Crippen molar-refractivity contribution in [3.63, 3.8) is 0 Å². The van der Waals surface area contributed by atoms with Gasteiger partial charge in [0.25, 0.3) is 0 Å². The molecule has 7 heteroatoms. The maximum absolute atomic E-state index is 10.4. The van der Waals surface area contributed by atoms with E-state index in [-0.39, 0.29) is 12.5 Å². The molecule has 0 bridgehead atoms. The van der Waals surface area contributed by atoms with Crippen LogP contribution in [0.15, 0.2) is 0 Å². The Balaban J connectivity index is 1.34. The first-order valence-electron chi connectivity index (χ1n) is 17.1. The normalized spacial score (nSPS) is 39.7. The first-order chi connectivity index (χ1) is 18.9. The van der Waals surface area contributed by atoms with Crippen molar-refractivity contribution in [2.75, 3.05) is 0 Å². The van der Waals surface area contributed by atoms with Gasteiger partial charge in [-0.25, -0.2) is 0 Å². The van der Waals surface area contributed by atoms with Gasteiger partial charge in [-0.2, -0.15) is 0 Å². The highest BCUT2D eigenvalue weighted by Crippen LogP contribution is 2.38. The Kier molecular flexibility index (Phi) is 12.8. The molecule has 7 N–H and O–H groups in total. The molecular formula is C32H63N5O2. The maximum atomic E-state index is 10.4. The highest BCUT2D eigenvalue weighted by Gasteiger charge is 2.44. The maximum Gasteiger partial charge on any atom is 0.105 e. The van der Waals surface area contributed by atoms with E-state index in [1.54, 1.807) is 0 Å². The van der Waals surface area contributed by atoms with E-state index in [0.29, 0.717) is 54.3 Å². The van der Waals surface area contributed by atoms with Gasteiger partial charge in [0.05, 0.1) is 6.17 Å². The topological polar surface area (TPSA) is 101 Å². The minimum absolute atomic E-state index is 0.364. The number of aliphatic hydroxyl groups is 2. The largest absolute Gasteiger partial charge is 0.379 e. The lowest BCUT2D eigenvalue weighted by Crippen LogP contribution is -2.55. The predicted octanol–water partition coefficient (Wildman–Crippen LogP) is 4.33. The van der Waals surface area contributed by atoms with Crippen molar-refractivity contribution in [3.8, 4) is 0 Å². The molecule has 3 saturated carbocycles. The van der Waals surface area contributed by atoms with E-state index in [2.05, 4.69) is 54.3 Å². The smallest absolute Gasteiger partial charge is 0.105 e. The summed E-state index contributed by atoms with van der Waals surface area (Å²) in [7, 11) is 0. The third-order valence-electron chi connectivity index (χ3n) is 10.7. The lowest BCUT2D eigenvalue weighted by atomic mass is 9.73. The molecule has 1 aliphatic heterocycles. The highest BCUT2D eigenvalue weighted by molar-refractivity contribution is 5.03. The van der Waals surface area contributed by atoms with E-state index in [1.807, 2.05) is 0 Å². The van der Waals surface area contributed by atoms with Crippen LogP contribution < -0.4 is 26.6 Å². The van der Waals surface area contributed by atoms with Crippen LogP contribution in [0.3, 0.4) is 0 Å². The van der Waals surface area contributed by atoms with E-state index in [1.165, 1.54) is 57.8 Å². The first kappa shape index (κ1) is 31.7. The molecule has 0 amide bonds. The summed E-state index contributed by atoms with van der Waals surface area (Å²) in [6.07, 6.45) is 18.3. The van der Waals surface area contributed by atoms with E-state index in [9.17, 15) is 10.2 Å². The second-order valence-corrected chi connectivity index (χ2v) is 13.7. The number of nitrogens with one attached hydrogen (secondary N) is 5. The van der Waals surface area contributed by atoms with Crippen molar-refractivity contribution in [2.24, 2.45) is 17.8 Å². The molecule has 228 valence electrons. The molecule has 1 saturated heterocycles. The van der Waals surface area contributed by atoms with Gasteiger partial charge in [0.15, 0.2) is 0 Å². The van der Waals surface area contributed by atoms with E-state index < -0.39 is 0 Å². The van der Waals surface area contributed by atoms with Gasteiger partial charge in [-0.3, -0.25) is 21.3 Å². The number of hydrogen-bond donors (Lipinski definition) is 7. The van der Waals surface area contributed by atoms with Crippen LogP contribution in [0.2, 0.25) is 0 Å². The van der Waals surface area contributed by atoms with Gasteiger partial charge in [0, 0.05) is 36.3 Å². The lowest BCUT2D eigenvalue weighted by Gasteiger charge is -2.44. The van der Waals surface area contributed by atoms with Crippen LogP contribution in [0.4, 0.5) is 0 Å². The van der Waals surface area contributed by atoms with Crippen LogP contribution in [-0.2, 0) is 0 Å². The van der Waals surface area contributed by atoms with Crippen LogP contribution in [0.25, 0.3) is 0 Å². The average Bonchev–Trinajstić information content (AvgIpc) is 3.34. The van der Waals surface area contributed by atoms with Gasteiger partial charge < -0.3 is 15.5 Å². The summed E-state index contributed by atoms with van der Waals surface area (Å²) < 4.78 is 0. The number of aliphatic hydroxyl groups excluding tert-OH is 2. The van der Waals surface area contributed by atoms with Crippen molar-refractivity contribution in [1.29, 1.82) is 0 Å². The quantitative estimate of drug-likeness (QED) is 0.162. The van der Waals surface area contributed by atoms with E-state index in [4.69, 9.17) is 0 Å². The SMILES string of the molecule is CCCC(O)NC1CCC(CCC)C(NC(C)C2CCCCC2C2NC3C[C@H](N[C@H](O)CCC)CC[C@@H]3N2)C1. The van der Waals surface area contributed by atoms with Gasteiger partial charge in [0.2, 0.25) is 0 Å². The van der Waals surface area contributed by atoms with Gasteiger partial charge in [-0.1, -0.05) is 52.9 Å². The Morgan fingerprint density at radius 2 is 1.36 bits per heavy atom. The zero-order valence-electron chi connectivity index (χ0n) is 25.6. The summed E-state index contributed by atoms with van der Waals surface area (Å²) in [5.41, 5.74) is 0. The van der Waals surface area contributed by atoms with Crippen LogP contribution in [0, 0.1) is 17.8 Å². The Bertz CT molecular complexity index is 697. The summed E-state index contributed by atoms with van der Waals surface area (Å²) in [4.78, 5) is 0. The van der Waals surface area contributed by atoms with Crippen LogP contribution in [0.1, 0.15) is 130 Å². The fourth-order valence-electron chi connectivity index (χ4n) is 8.71. The van der Waals surface area contributed by atoms with E-state index in [0.717, 1.165) is 50.9 Å². The molecule has 9 unspecified atom stereocenters. The predicted molar refractivity (Wildman–Crippen MR) is 161 cm³/mol. The lowest BCUT2D eigenvalue weighted by molar-refractivity contribution is 0.0810. The molecule has 0 radical (unpaired) electrons. The molecule has 0 aromatic carbocycles. The Labute approximate surface area is 239 Å². The van der Waals surface area contributed by atoms with Crippen LogP contribution >= 0.6 is 0 Å². The second kappa shape index (κ2) is 15.8. The summed E-state index contributed by atoms with van der Waals surface area (Å²) in [5, 5.41) is 40.0. The van der Waals surface area contributed by atoms with Gasteiger partial charge in [-0.05, 0) is 95.3 Å². The second-order valence-electron chi connectivity index (χ2n) is 13.7. The molecule has 7 nitrogen and oxygen atoms in total. The Morgan fingerprint density at radius 1 is 0.718 bits per heavy atom. The molecule has 4 fully saturated rings. The molecule has 1 heterocycles. The zero-order chi connectivity index (χ0) is 27.8. The standard InChI is InChI=1S/C32H63N5O2/c1-5-10-22-15-16-23(34-30(38)11-6-2)19-28(22)33-21(4)25-13-8-9-14-26(25)32-36-27-18-17-24(20-29(27)37-32)35-31(39)12-7-3/h21-39H,5-20H2,1-4H3/t21?,22?,23?,24-,25?,26?,27+,28?,29?,30?,31-,32?/m1/s1. The van der Waals surface area contributed by atoms with Gasteiger partial charge in [-0.15, -0.1) is 0 Å². The zero-order valence-corrected chi connectivity index (χ0v) is 25.6. The molecule has 0 aromatic heterocycles. The van der Waals surface area contributed by atoms with Gasteiger partial charge >= 0.3 is 0 Å². The fourth-order valence-corrected chi connectivity index (χ4v) is 8.71. The number of rotatable bonds is 14. The number of hydrogen-bond acceptors (Lipinski definition) is 7. The molecule has 4 rings (SSSR count). The highest BCUT2D eigenvalue weighted by atomic mass is 16.3. The van der Waals surface area contributed by atoms with Crippen LogP contribution in [0.5, 0.6) is 0 Å². The molecule has 12 atom stereocenters. The van der Waals surface area contributed by atoms with Gasteiger partial charge in [0.1, 0.15) is 12.5 Å². The van der Waals surface area contributed by atoms with Crippen molar-refractivity contribution in [3.05, 3.63) is 0 Å². The molecule has 3 aliphatic carbocycles. The number of fused-ring (bicyclic) bond motifs is 1. The molecule has 4 aliphatic rings. The summed E-state index contributed by atoms with van der Waals surface area (Å²) in [5.74, 6) is 2.10. The fraction of sp³-hybridized carbons (Fsp3) is 1.00. The third-order valence-corrected chi connectivity index (χ3v) is 10.7. The van der Waals surface area contributed by atoms with Crippen molar-refractivity contribution in [2.45, 2.75) is 185 Å². The molecule has 0 spiro atoms. The molecular weight excluding hydrogens is 486 g/mol. The summed E-state index contributed by atoms with van der Waals surface area (Å²) >= 11 is 0. The third kappa shape index (κ3) is 8.86. The monoisotopic (exact) mass is 549 g/mol. The van der Waals surface area contributed by atoms with E-state index >= 15 is 0 Å². The Hall–Kier alpha value is -0.280. The molecule has 0 aromatic rings.